The number of pyridine rings is 1. The minimum Gasteiger partial charge on any atom is -0.455 e. The highest BCUT2D eigenvalue weighted by molar-refractivity contribution is 5.86. The van der Waals surface area contributed by atoms with Gasteiger partial charge in [0.1, 0.15) is 23.8 Å². The van der Waals surface area contributed by atoms with E-state index in [1.807, 2.05) is 93.4 Å². The van der Waals surface area contributed by atoms with Crippen LogP contribution in [0.1, 0.15) is 12.5 Å². The Balaban J connectivity index is 0.000000247. The van der Waals surface area contributed by atoms with Crippen LogP contribution < -0.4 is 15.4 Å². The van der Waals surface area contributed by atoms with Crippen LogP contribution in [-0.4, -0.2) is 46.2 Å². The zero-order chi connectivity index (χ0) is 28.2. The lowest BCUT2D eigenvalue weighted by molar-refractivity contribution is -0.118. The van der Waals surface area contributed by atoms with E-state index in [1.54, 1.807) is 19.3 Å². The third kappa shape index (κ3) is 7.78. The molecule has 3 aromatic heterocycles. The first-order valence-electron chi connectivity index (χ1n) is 12.4. The number of aromatic nitrogens is 4. The van der Waals surface area contributed by atoms with E-state index in [0.717, 1.165) is 51.0 Å². The first kappa shape index (κ1) is 28.6. The standard InChI is InChI=1S/C19H19N5O.C7H9N.C4H6O2/c1-12-10-13(20-2)4-5-16(12)25-17-6-7-21-14-11-15(23-18(14)17)19-22-8-9-24(19)3;1-8-7-5-3-2-4-6-7;1-4(2-5)3-6/h4-11,20,23H,1-3H3;2-6,8H,1H3;2-4H,1H3. The van der Waals surface area contributed by atoms with Crippen molar-refractivity contribution in [3.05, 3.63) is 84.8 Å². The Labute approximate surface area is 228 Å². The SMILES string of the molecule is CC(C=O)C=O.CNc1ccc(Oc2ccnc3cc(-c4nccn4C)[nH]c23)c(C)c1.CNc1ccccc1. The van der Waals surface area contributed by atoms with E-state index in [1.165, 1.54) is 0 Å². The molecule has 9 heteroatoms. The second-order valence-corrected chi connectivity index (χ2v) is 8.69. The quantitative estimate of drug-likeness (QED) is 0.180. The number of benzene rings is 2. The maximum absolute atomic E-state index is 9.50. The van der Waals surface area contributed by atoms with Crippen LogP contribution in [0.25, 0.3) is 22.6 Å². The molecule has 3 heterocycles. The summed E-state index contributed by atoms with van der Waals surface area (Å²) in [7, 11) is 5.78. The summed E-state index contributed by atoms with van der Waals surface area (Å²) in [6.07, 6.45) is 6.65. The number of hydrogen-bond donors (Lipinski definition) is 3. The van der Waals surface area contributed by atoms with Gasteiger partial charge < -0.3 is 34.5 Å². The van der Waals surface area contributed by atoms with Crippen LogP contribution in [0.3, 0.4) is 0 Å². The van der Waals surface area contributed by atoms with Crippen molar-refractivity contribution in [1.82, 2.24) is 19.5 Å². The number of rotatable bonds is 7. The monoisotopic (exact) mass is 526 g/mol. The summed E-state index contributed by atoms with van der Waals surface area (Å²) in [5, 5.41) is 6.16. The number of carbonyl (C=O) groups is 2. The predicted molar refractivity (Wildman–Crippen MR) is 156 cm³/mol. The van der Waals surface area contributed by atoms with Crippen LogP contribution in [0, 0.1) is 12.8 Å². The lowest BCUT2D eigenvalue weighted by Gasteiger charge is -2.11. The number of ether oxygens (including phenoxy) is 1. The van der Waals surface area contributed by atoms with Crippen LogP contribution in [-0.2, 0) is 16.6 Å². The molecule has 0 bridgehead atoms. The number of nitrogens with zero attached hydrogens (tertiary/aromatic N) is 3. The molecule has 2 aromatic carbocycles. The van der Waals surface area contributed by atoms with Crippen LogP contribution in [0.4, 0.5) is 11.4 Å². The smallest absolute Gasteiger partial charge is 0.156 e. The zero-order valence-electron chi connectivity index (χ0n) is 22.8. The summed E-state index contributed by atoms with van der Waals surface area (Å²) in [4.78, 5) is 31.2. The molecule has 3 N–H and O–H groups in total. The second-order valence-electron chi connectivity index (χ2n) is 8.69. The molecular formula is C30H34N6O3. The highest BCUT2D eigenvalue weighted by Gasteiger charge is 2.13. The van der Waals surface area contributed by atoms with Gasteiger partial charge in [0, 0.05) is 57.2 Å². The van der Waals surface area contributed by atoms with Gasteiger partial charge in [0.15, 0.2) is 11.6 Å². The lowest BCUT2D eigenvalue weighted by Crippen LogP contribution is -1.93. The number of carbonyl (C=O) groups excluding carboxylic acids is 2. The molecule has 0 aliphatic heterocycles. The number of hydrogen-bond acceptors (Lipinski definition) is 7. The van der Waals surface area contributed by atoms with Gasteiger partial charge in [-0.1, -0.05) is 18.2 Å². The van der Waals surface area contributed by atoms with Crippen molar-refractivity contribution >= 4 is 35.0 Å². The first-order valence-corrected chi connectivity index (χ1v) is 12.4. The normalized spacial score (nSPS) is 10.1. The van der Waals surface area contributed by atoms with E-state index in [0.29, 0.717) is 12.6 Å². The summed E-state index contributed by atoms with van der Waals surface area (Å²) >= 11 is 0. The first-order chi connectivity index (χ1) is 18.9. The lowest BCUT2D eigenvalue weighted by atomic mass is 10.2. The van der Waals surface area contributed by atoms with Gasteiger partial charge >= 0.3 is 0 Å². The summed E-state index contributed by atoms with van der Waals surface area (Å²) in [5.74, 6) is 1.99. The van der Waals surface area contributed by atoms with Crippen molar-refractivity contribution in [1.29, 1.82) is 0 Å². The number of aryl methyl sites for hydroxylation is 2. The molecule has 5 aromatic rings. The van der Waals surface area contributed by atoms with E-state index in [9.17, 15) is 9.59 Å². The van der Waals surface area contributed by atoms with Gasteiger partial charge in [-0.3, -0.25) is 4.98 Å². The van der Waals surface area contributed by atoms with Gasteiger partial charge in [0.2, 0.25) is 0 Å². The fraction of sp³-hybridized carbons (Fsp3) is 0.200. The molecule has 0 spiro atoms. The van der Waals surface area contributed by atoms with Crippen molar-refractivity contribution < 1.29 is 14.3 Å². The Hall–Kier alpha value is -4.92. The Kier molecular flexibility index (Phi) is 10.4. The van der Waals surface area contributed by atoms with Crippen molar-refractivity contribution in [3.8, 4) is 23.0 Å². The summed E-state index contributed by atoms with van der Waals surface area (Å²) < 4.78 is 8.12. The van der Waals surface area contributed by atoms with Crippen LogP contribution in [0.2, 0.25) is 0 Å². The molecular weight excluding hydrogens is 492 g/mol. The third-order valence-corrected chi connectivity index (χ3v) is 5.72. The van der Waals surface area contributed by atoms with Crippen molar-refractivity contribution in [3.63, 3.8) is 0 Å². The van der Waals surface area contributed by atoms with Gasteiger partial charge in [0.25, 0.3) is 0 Å². The Morgan fingerprint density at radius 1 is 0.897 bits per heavy atom. The molecule has 9 nitrogen and oxygen atoms in total. The van der Waals surface area contributed by atoms with Gasteiger partial charge in [-0.05, 0) is 55.8 Å². The number of aldehydes is 2. The number of H-pyrrole nitrogens is 1. The molecule has 202 valence electrons. The number of fused-ring (bicyclic) bond motifs is 1. The highest BCUT2D eigenvalue weighted by Crippen LogP contribution is 2.33. The fourth-order valence-corrected chi connectivity index (χ4v) is 3.51. The average Bonchev–Trinajstić information content (AvgIpc) is 3.61. The largest absolute Gasteiger partial charge is 0.455 e. The van der Waals surface area contributed by atoms with E-state index in [-0.39, 0.29) is 0 Å². The molecule has 0 aliphatic rings. The predicted octanol–water partition coefficient (Wildman–Crippen LogP) is 5.85. The molecule has 0 aliphatic carbocycles. The summed E-state index contributed by atoms with van der Waals surface area (Å²) in [6.45, 7) is 3.57. The van der Waals surface area contributed by atoms with Crippen molar-refractivity contribution in [2.24, 2.45) is 13.0 Å². The van der Waals surface area contributed by atoms with Crippen molar-refractivity contribution in [2.45, 2.75) is 13.8 Å². The average molecular weight is 527 g/mol. The number of imidazole rings is 1. The maximum Gasteiger partial charge on any atom is 0.156 e. The van der Waals surface area contributed by atoms with Crippen LogP contribution in [0.5, 0.6) is 11.5 Å². The third-order valence-electron chi connectivity index (χ3n) is 5.72. The maximum atomic E-state index is 9.50. The Morgan fingerprint density at radius 2 is 1.62 bits per heavy atom. The molecule has 5 rings (SSSR count). The molecule has 0 fully saturated rings. The molecule has 0 unspecified atom stereocenters. The number of para-hydroxylation sites is 1. The minimum absolute atomic E-state index is 0.426. The van der Waals surface area contributed by atoms with Gasteiger partial charge in [-0.25, -0.2) is 4.98 Å². The molecule has 0 atom stereocenters. The molecule has 0 saturated carbocycles. The van der Waals surface area contributed by atoms with Gasteiger partial charge in [-0.15, -0.1) is 0 Å². The molecule has 39 heavy (non-hydrogen) atoms. The minimum atomic E-state index is -0.426. The summed E-state index contributed by atoms with van der Waals surface area (Å²) in [6, 6.07) is 19.9. The Bertz CT molecular complexity index is 1490. The Morgan fingerprint density at radius 3 is 2.15 bits per heavy atom. The van der Waals surface area contributed by atoms with E-state index >= 15 is 0 Å². The molecule has 0 amide bonds. The number of aromatic amines is 1. The van der Waals surface area contributed by atoms with E-state index in [2.05, 4.69) is 31.7 Å². The van der Waals surface area contributed by atoms with E-state index < -0.39 is 5.92 Å². The molecule has 0 saturated heterocycles. The topological polar surface area (TPSA) is 114 Å². The second kappa shape index (κ2) is 14.1. The highest BCUT2D eigenvalue weighted by atomic mass is 16.5. The number of anilines is 2. The zero-order valence-corrected chi connectivity index (χ0v) is 22.8. The van der Waals surface area contributed by atoms with E-state index in [4.69, 9.17) is 4.74 Å². The van der Waals surface area contributed by atoms with Crippen LogP contribution >= 0.6 is 0 Å². The van der Waals surface area contributed by atoms with Crippen molar-refractivity contribution in [2.75, 3.05) is 24.7 Å². The molecule has 0 radical (unpaired) electrons. The fourth-order valence-electron chi connectivity index (χ4n) is 3.51. The summed E-state index contributed by atoms with van der Waals surface area (Å²) in [5.41, 5.74) is 5.90. The van der Waals surface area contributed by atoms with Gasteiger partial charge in [0.05, 0.1) is 17.1 Å². The van der Waals surface area contributed by atoms with Gasteiger partial charge in [-0.2, -0.15) is 0 Å². The van der Waals surface area contributed by atoms with Crippen LogP contribution in [0.15, 0.2) is 79.3 Å². The number of nitrogens with one attached hydrogen (secondary N) is 3.